The lowest BCUT2D eigenvalue weighted by atomic mass is 10.3. The molecule has 5 heteroatoms. The van der Waals surface area contributed by atoms with Gasteiger partial charge in [0.2, 0.25) is 5.96 Å². The van der Waals surface area contributed by atoms with E-state index in [1.807, 2.05) is 0 Å². The van der Waals surface area contributed by atoms with E-state index in [0.29, 0.717) is 12.0 Å². The average molecular weight is 218 g/mol. The maximum atomic E-state index is 5.35. The molecule has 0 aliphatic carbocycles. The van der Waals surface area contributed by atoms with Crippen molar-refractivity contribution in [1.82, 2.24) is 10.7 Å². The van der Waals surface area contributed by atoms with E-state index in [2.05, 4.69) is 35.8 Å². The second-order valence-electron chi connectivity index (χ2n) is 3.23. The van der Waals surface area contributed by atoms with Crippen LogP contribution in [-0.4, -0.2) is 30.6 Å². The minimum absolute atomic E-state index is 0.390. The fourth-order valence-corrected chi connectivity index (χ4v) is 1.59. The Kier molecular flexibility index (Phi) is 8.87. The first-order valence-corrected chi connectivity index (χ1v) is 6.40. The topological polar surface area (TPSA) is 62.4 Å². The molecule has 0 aromatic carbocycles. The molecule has 1 unspecified atom stereocenters. The molecule has 0 aromatic heterocycles. The minimum atomic E-state index is 0.390. The molecular weight excluding hydrogens is 196 g/mol. The van der Waals surface area contributed by atoms with Crippen molar-refractivity contribution >= 4 is 17.7 Å². The quantitative estimate of drug-likeness (QED) is 0.204. The van der Waals surface area contributed by atoms with Crippen molar-refractivity contribution in [1.29, 1.82) is 0 Å². The lowest BCUT2D eigenvalue weighted by Gasteiger charge is -2.15. The Bertz CT molecular complexity index is 161. The smallest absolute Gasteiger partial charge is 0.205 e. The second-order valence-corrected chi connectivity index (χ2v) is 4.14. The van der Waals surface area contributed by atoms with E-state index >= 15 is 0 Å². The Hall–Kier alpha value is -0.420. The predicted octanol–water partition coefficient (Wildman–Crippen LogP) is 0.947. The third-order valence-corrected chi connectivity index (χ3v) is 2.55. The van der Waals surface area contributed by atoms with E-state index in [-0.39, 0.29) is 0 Å². The maximum Gasteiger partial charge on any atom is 0.205 e. The van der Waals surface area contributed by atoms with Crippen molar-refractivity contribution in [2.75, 3.05) is 18.6 Å². The monoisotopic (exact) mass is 218 g/mol. The first kappa shape index (κ1) is 13.6. The summed E-state index contributed by atoms with van der Waals surface area (Å²) in [5, 5.41) is 3.22. The van der Waals surface area contributed by atoms with Crippen molar-refractivity contribution in [2.24, 2.45) is 10.8 Å². The number of guanidine groups is 1. The Labute approximate surface area is 91.1 Å². The summed E-state index contributed by atoms with van der Waals surface area (Å²) < 4.78 is 0. The zero-order chi connectivity index (χ0) is 10.8. The van der Waals surface area contributed by atoms with Gasteiger partial charge in [0.1, 0.15) is 0 Å². The van der Waals surface area contributed by atoms with Gasteiger partial charge in [-0.05, 0) is 19.6 Å². The SMILES string of the molecule is CCCCN=C(NN)NC(C)CSC. The molecule has 0 radical (unpaired) electrons. The summed E-state index contributed by atoms with van der Waals surface area (Å²) >= 11 is 1.80. The molecule has 0 spiro atoms. The predicted molar refractivity (Wildman–Crippen MR) is 65.5 cm³/mol. The highest BCUT2D eigenvalue weighted by Gasteiger charge is 2.02. The lowest BCUT2D eigenvalue weighted by Crippen LogP contribution is -2.46. The van der Waals surface area contributed by atoms with Gasteiger partial charge in [0.15, 0.2) is 0 Å². The van der Waals surface area contributed by atoms with Crippen LogP contribution < -0.4 is 16.6 Å². The molecule has 0 rings (SSSR count). The number of nitrogens with zero attached hydrogens (tertiary/aromatic N) is 1. The summed E-state index contributed by atoms with van der Waals surface area (Å²) in [6.07, 6.45) is 4.34. The molecule has 84 valence electrons. The van der Waals surface area contributed by atoms with E-state index < -0.39 is 0 Å². The fraction of sp³-hybridized carbons (Fsp3) is 0.889. The number of nitrogens with one attached hydrogen (secondary N) is 2. The van der Waals surface area contributed by atoms with Crippen molar-refractivity contribution in [3.63, 3.8) is 0 Å². The summed E-state index contributed by atoms with van der Waals surface area (Å²) in [4.78, 5) is 4.31. The summed E-state index contributed by atoms with van der Waals surface area (Å²) in [5.41, 5.74) is 2.58. The highest BCUT2D eigenvalue weighted by Crippen LogP contribution is 1.95. The van der Waals surface area contributed by atoms with Crippen molar-refractivity contribution in [2.45, 2.75) is 32.7 Å². The molecule has 0 aliphatic heterocycles. The van der Waals surface area contributed by atoms with Gasteiger partial charge in [-0.2, -0.15) is 11.8 Å². The Morgan fingerprint density at radius 2 is 2.29 bits per heavy atom. The van der Waals surface area contributed by atoms with Crippen LogP contribution in [0.2, 0.25) is 0 Å². The van der Waals surface area contributed by atoms with E-state index in [1.54, 1.807) is 11.8 Å². The maximum absolute atomic E-state index is 5.35. The molecule has 14 heavy (non-hydrogen) atoms. The van der Waals surface area contributed by atoms with Gasteiger partial charge in [-0.1, -0.05) is 13.3 Å². The van der Waals surface area contributed by atoms with Gasteiger partial charge in [-0.25, -0.2) is 5.84 Å². The van der Waals surface area contributed by atoms with Crippen molar-refractivity contribution in [3.05, 3.63) is 0 Å². The second kappa shape index (κ2) is 9.15. The van der Waals surface area contributed by atoms with Crippen LogP contribution >= 0.6 is 11.8 Å². The minimum Gasteiger partial charge on any atom is -0.352 e. The normalized spacial score (nSPS) is 13.9. The number of unbranched alkanes of at least 4 members (excludes halogenated alkanes) is 1. The number of aliphatic imine (C=N–C) groups is 1. The number of hydrogen-bond acceptors (Lipinski definition) is 3. The summed E-state index contributed by atoms with van der Waals surface area (Å²) in [6, 6.07) is 0.390. The summed E-state index contributed by atoms with van der Waals surface area (Å²) in [6.45, 7) is 5.09. The molecule has 0 heterocycles. The zero-order valence-corrected chi connectivity index (χ0v) is 10.2. The largest absolute Gasteiger partial charge is 0.352 e. The standard InChI is InChI=1S/C9H22N4S/c1-4-5-6-11-9(13-10)12-8(2)7-14-3/h8H,4-7,10H2,1-3H3,(H2,11,12,13). The van der Waals surface area contributed by atoms with Crippen LogP contribution in [0.4, 0.5) is 0 Å². The van der Waals surface area contributed by atoms with Crippen LogP contribution in [0, 0.1) is 0 Å². The average Bonchev–Trinajstić information content (AvgIpc) is 2.17. The Balaban J connectivity index is 3.81. The molecular formula is C9H22N4S. The molecule has 4 nitrogen and oxygen atoms in total. The highest BCUT2D eigenvalue weighted by molar-refractivity contribution is 7.98. The van der Waals surface area contributed by atoms with Crippen LogP contribution in [-0.2, 0) is 0 Å². The molecule has 0 amide bonds. The van der Waals surface area contributed by atoms with E-state index in [4.69, 9.17) is 5.84 Å². The van der Waals surface area contributed by atoms with Crippen LogP contribution in [0.1, 0.15) is 26.7 Å². The molecule has 4 N–H and O–H groups in total. The number of hydrazine groups is 1. The summed E-state index contributed by atoms with van der Waals surface area (Å²) in [7, 11) is 0. The van der Waals surface area contributed by atoms with E-state index in [1.165, 1.54) is 0 Å². The van der Waals surface area contributed by atoms with Gasteiger partial charge in [0.05, 0.1) is 0 Å². The van der Waals surface area contributed by atoms with Gasteiger partial charge in [-0.3, -0.25) is 10.4 Å². The van der Waals surface area contributed by atoms with E-state index in [9.17, 15) is 0 Å². The molecule has 0 saturated heterocycles. The Morgan fingerprint density at radius 1 is 1.57 bits per heavy atom. The van der Waals surface area contributed by atoms with Crippen LogP contribution in [0.15, 0.2) is 4.99 Å². The third-order valence-electron chi connectivity index (χ3n) is 1.72. The first-order valence-electron chi connectivity index (χ1n) is 5.01. The number of hydrogen-bond donors (Lipinski definition) is 3. The third kappa shape index (κ3) is 7.03. The molecule has 0 aliphatic rings. The Morgan fingerprint density at radius 3 is 2.79 bits per heavy atom. The van der Waals surface area contributed by atoms with Gasteiger partial charge >= 0.3 is 0 Å². The number of rotatable bonds is 6. The van der Waals surface area contributed by atoms with E-state index in [0.717, 1.165) is 25.1 Å². The number of thioether (sulfide) groups is 1. The highest BCUT2D eigenvalue weighted by atomic mass is 32.2. The lowest BCUT2D eigenvalue weighted by molar-refractivity contribution is 0.705. The molecule has 0 bridgehead atoms. The van der Waals surface area contributed by atoms with Gasteiger partial charge in [0.25, 0.3) is 0 Å². The zero-order valence-electron chi connectivity index (χ0n) is 9.34. The molecule has 0 fully saturated rings. The summed E-state index contributed by atoms with van der Waals surface area (Å²) in [5.74, 6) is 7.09. The fourth-order valence-electron chi connectivity index (χ4n) is 1.01. The van der Waals surface area contributed by atoms with Crippen LogP contribution in [0.5, 0.6) is 0 Å². The van der Waals surface area contributed by atoms with Crippen molar-refractivity contribution < 1.29 is 0 Å². The molecule has 0 saturated carbocycles. The molecule has 0 aromatic rings. The van der Waals surface area contributed by atoms with Crippen LogP contribution in [0.3, 0.4) is 0 Å². The van der Waals surface area contributed by atoms with Gasteiger partial charge in [-0.15, -0.1) is 0 Å². The number of nitrogens with two attached hydrogens (primary N) is 1. The molecule has 1 atom stereocenters. The first-order chi connectivity index (χ1) is 6.74. The van der Waals surface area contributed by atoms with Gasteiger partial charge < -0.3 is 5.32 Å². The van der Waals surface area contributed by atoms with Crippen LogP contribution in [0.25, 0.3) is 0 Å². The van der Waals surface area contributed by atoms with Crippen molar-refractivity contribution in [3.8, 4) is 0 Å². The van der Waals surface area contributed by atoms with Gasteiger partial charge in [0, 0.05) is 18.3 Å².